The second kappa shape index (κ2) is 11.0. The second-order valence-corrected chi connectivity index (χ2v) is 8.34. The maximum Gasteiger partial charge on any atom is 0.269 e. The van der Waals surface area contributed by atoms with Gasteiger partial charge in [0.2, 0.25) is 0 Å². The Balaban J connectivity index is 1.75. The van der Waals surface area contributed by atoms with Gasteiger partial charge in [-0.15, -0.1) is 0 Å². The van der Waals surface area contributed by atoms with Crippen LogP contribution in [0.15, 0.2) is 60.2 Å². The quantitative estimate of drug-likeness (QED) is 0.158. The van der Waals surface area contributed by atoms with E-state index in [-0.39, 0.29) is 33.7 Å². The summed E-state index contributed by atoms with van der Waals surface area (Å²) in [6, 6.07) is 15.8. The summed E-state index contributed by atoms with van der Waals surface area (Å²) in [5.74, 6) is -0.413. The Bertz CT molecular complexity index is 1310. The van der Waals surface area contributed by atoms with E-state index < -0.39 is 10.8 Å². The van der Waals surface area contributed by atoms with E-state index in [9.17, 15) is 20.2 Å². The van der Waals surface area contributed by atoms with Gasteiger partial charge in [-0.2, -0.15) is 5.26 Å². The normalized spacial score (nSPS) is 11.0. The zero-order valence-electron chi connectivity index (χ0n) is 17.6. The van der Waals surface area contributed by atoms with Crippen LogP contribution in [0.1, 0.15) is 16.7 Å². The van der Waals surface area contributed by atoms with Gasteiger partial charge in [0.05, 0.1) is 15.0 Å². The molecule has 10 heteroatoms. The molecule has 34 heavy (non-hydrogen) atoms. The lowest BCUT2D eigenvalue weighted by atomic mass is 10.1. The van der Waals surface area contributed by atoms with Gasteiger partial charge in [0, 0.05) is 22.8 Å². The summed E-state index contributed by atoms with van der Waals surface area (Å²) in [5.41, 5.74) is 2.22. The molecule has 3 aromatic rings. The lowest BCUT2D eigenvalue weighted by Gasteiger charge is -2.11. The first-order chi connectivity index (χ1) is 16.2. The number of nitro groups is 1. The summed E-state index contributed by atoms with van der Waals surface area (Å²) in [6.45, 7) is 1.92. The molecule has 3 rings (SSSR count). The molecule has 0 aliphatic carbocycles. The summed E-state index contributed by atoms with van der Waals surface area (Å²) in [7, 11) is 0. The molecule has 0 atom stereocenters. The van der Waals surface area contributed by atoms with Crippen LogP contribution in [0.2, 0.25) is 15.1 Å². The molecule has 0 spiro atoms. The number of non-ortho nitro benzene ring substituents is 1. The predicted octanol–water partition coefficient (Wildman–Crippen LogP) is 6.99. The molecule has 0 bridgehead atoms. The van der Waals surface area contributed by atoms with Crippen molar-refractivity contribution in [1.82, 2.24) is 0 Å². The Labute approximate surface area is 210 Å². The van der Waals surface area contributed by atoms with E-state index >= 15 is 0 Å². The number of halogens is 3. The van der Waals surface area contributed by atoms with Gasteiger partial charge < -0.3 is 10.1 Å². The molecule has 0 unspecified atom stereocenters. The molecule has 1 amide bonds. The van der Waals surface area contributed by atoms with Crippen LogP contribution in [0.4, 0.5) is 11.4 Å². The molecule has 0 radical (unpaired) electrons. The predicted molar refractivity (Wildman–Crippen MR) is 132 cm³/mol. The summed E-state index contributed by atoms with van der Waals surface area (Å²) < 4.78 is 5.68. The van der Waals surface area contributed by atoms with Gasteiger partial charge in [-0.3, -0.25) is 14.9 Å². The number of rotatable bonds is 7. The fourth-order valence-corrected chi connectivity index (χ4v) is 3.65. The molecule has 0 aliphatic heterocycles. The molecular weight excluding hydrogens is 501 g/mol. The molecule has 172 valence electrons. The van der Waals surface area contributed by atoms with Gasteiger partial charge in [0.25, 0.3) is 11.6 Å². The fraction of sp³-hybridized carbons (Fsp3) is 0.0833. The highest BCUT2D eigenvalue weighted by Gasteiger charge is 2.14. The number of benzene rings is 3. The van der Waals surface area contributed by atoms with Gasteiger partial charge in [-0.25, -0.2) is 0 Å². The first kappa shape index (κ1) is 25.1. The maximum atomic E-state index is 12.5. The van der Waals surface area contributed by atoms with Crippen molar-refractivity contribution in [1.29, 1.82) is 5.26 Å². The molecule has 0 saturated heterocycles. The van der Waals surface area contributed by atoms with E-state index in [0.717, 1.165) is 5.56 Å². The van der Waals surface area contributed by atoms with E-state index in [0.29, 0.717) is 21.8 Å². The number of carbonyl (C=O) groups excluding carboxylic acids is 1. The van der Waals surface area contributed by atoms with E-state index in [1.54, 1.807) is 30.3 Å². The Morgan fingerprint density at radius 1 is 1.09 bits per heavy atom. The summed E-state index contributed by atoms with van der Waals surface area (Å²) in [6.07, 6.45) is 1.35. The molecule has 0 saturated carbocycles. The summed E-state index contributed by atoms with van der Waals surface area (Å²) in [4.78, 5) is 22.8. The van der Waals surface area contributed by atoms with Crippen LogP contribution in [-0.4, -0.2) is 10.8 Å². The number of ether oxygens (including phenoxy) is 1. The van der Waals surface area contributed by atoms with Crippen molar-refractivity contribution in [2.45, 2.75) is 13.5 Å². The van der Waals surface area contributed by atoms with Crippen LogP contribution in [0, 0.1) is 28.4 Å². The zero-order valence-corrected chi connectivity index (χ0v) is 19.9. The largest absolute Gasteiger partial charge is 0.486 e. The third-order valence-electron chi connectivity index (χ3n) is 4.66. The number of amides is 1. The number of anilines is 1. The number of nitrogens with zero attached hydrogens (tertiary/aromatic N) is 2. The minimum Gasteiger partial charge on any atom is -0.486 e. The van der Waals surface area contributed by atoms with Crippen LogP contribution in [0.25, 0.3) is 6.08 Å². The first-order valence-corrected chi connectivity index (χ1v) is 10.9. The standard InChI is InChI=1S/C24H16Cl3N3O4/c1-14-2-5-18(11-20(14)25)29-24(31)17(12-28)8-16-9-21(26)23(22(27)10-16)34-13-15-3-6-19(7-4-15)30(32)33/h2-11H,13H2,1H3,(H,29,31)/b17-8-. The van der Waals surface area contributed by atoms with Crippen molar-refractivity contribution < 1.29 is 14.5 Å². The van der Waals surface area contributed by atoms with Crippen molar-refractivity contribution in [3.05, 3.63) is 102 Å². The Morgan fingerprint density at radius 3 is 2.29 bits per heavy atom. The average Bonchev–Trinajstić information content (AvgIpc) is 2.79. The molecule has 0 heterocycles. The molecule has 0 fully saturated rings. The molecular formula is C24H16Cl3N3O4. The second-order valence-electron chi connectivity index (χ2n) is 7.11. The Kier molecular flexibility index (Phi) is 8.13. The van der Waals surface area contributed by atoms with E-state index in [1.807, 2.05) is 13.0 Å². The minimum atomic E-state index is -0.617. The summed E-state index contributed by atoms with van der Waals surface area (Å²) >= 11 is 18.7. The number of nitrogens with one attached hydrogen (secondary N) is 1. The van der Waals surface area contributed by atoms with Gasteiger partial charge in [0.1, 0.15) is 18.2 Å². The molecule has 0 aromatic heterocycles. The number of nitro benzene ring substituents is 1. The van der Waals surface area contributed by atoms with E-state index in [4.69, 9.17) is 39.5 Å². The lowest BCUT2D eigenvalue weighted by molar-refractivity contribution is -0.384. The Hall–Kier alpha value is -3.57. The highest BCUT2D eigenvalue weighted by molar-refractivity contribution is 6.37. The monoisotopic (exact) mass is 515 g/mol. The maximum absolute atomic E-state index is 12.5. The minimum absolute atomic E-state index is 0.0289. The third kappa shape index (κ3) is 6.27. The van der Waals surface area contributed by atoms with Crippen molar-refractivity contribution in [2.75, 3.05) is 5.32 Å². The van der Waals surface area contributed by atoms with Crippen molar-refractivity contribution in [3.8, 4) is 11.8 Å². The fourth-order valence-electron chi connectivity index (χ4n) is 2.85. The smallest absolute Gasteiger partial charge is 0.269 e. The lowest BCUT2D eigenvalue weighted by Crippen LogP contribution is -2.13. The number of aryl methyl sites for hydroxylation is 1. The van der Waals surface area contributed by atoms with Crippen LogP contribution in [-0.2, 0) is 11.4 Å². The van der Waals surface area contributed by atoms with Crippen molar-refractivity contribution >= 4 is 58.2 Å². The van der Waals surface area contributed by atoms with Crippen LogP contribution in [0.3, 0.4) is 0 Å². The summed E-state index contributed by atoms with van der Waals surface area (Å²) in [5, 5.41) is 23.7. The topological polar surface area (TPSA) is 105 Å². The first-order valence-electron chi connectivity index (χ1n) is 9.72. The van der Waals surface area contributed by atoms with Crippen LogP contribution < -0.4 is 10.1 Å². The third-order valence-corrected chi connectivity index (χ3v) is 5.63. The Morgan fingerprint density at radius 2 is 1.74 bits per heavy atom. The van der Waals surface area contributed by atoms with Crippen molar-refractivity contribution in [2.24, 2.45) is 0 Å². The van der Waals surface area contributed by atoms with Gasteiger partial charge in [0.15, 0.2) is 5.75 Å². The van der Waals surface area contributed by atoms with E-state index in [2.05, 4.69) is 5.32 Å². The molecule has 3 aromatic carbocycles. The van der Waals surface area contributed by atoms with Gasteiger partial charge in [-0.05, 0) is 66.1 Å². The van der Waals surface area contributed by atoms with Crippen LogP contribution >= 0.6 is 34.8 Å². The van der Waals surface area contributed by atoms with Gasteiger partial charge in [-0.1, -0.05) is 40.9 Å². The number of carbonyl (C=O) groups is 1. The SMILES string of the molecule is Cc1ccc(NC(=O)/C(C#N)=C\c2cc(Cl)c(OCc3ccc([N+](=O)[O-])cc3)c(Cl)c2)cc1Cl. The highest BCUT2D eigenvalue weighted by Crippen LogP contribution is 2.35. The molecule has 7 nitrogen and oxygen atoms in total. The number of hydrogen-bond donors (Lipinski definition) is 1. The molecule has 1 N–H and O–H groups in total. The van der Waals surface area contributed by atoms with E-state index in [1.165, 1.54) is 30.3 Å². The van der Waals surface area contributed by atoms with Gasteiger partial charge >= 0.3 is 0 Å². The zero-order chi connectivity index (χ0) is 24.8. The molecule has 0 aliphatic rings. The van der Waals surface area contributed by atoms with Crippen molar-refractivity contribution in [3.63, 3.8) is 0 Å². The highest BCUT2D eigenvalue weighted by atomic mass is 35.5. The number of nitriles is 1. The number of hydrogen-bond acceptors (Lipinski definition) is 5. The van der Waals surface area contributed by atoms with Crippen LogP contribution in [0.5, 0.6) is 5.75 Å². The average molecular weight is 517 g/mol.